The fourth-order valence-electron chi connectivity index (χ4n) is 2.58. The predicted octanol–water partition coefficient (Wildman–Crippen LogP) is 2.74. The average Bonchev–Trinajstić information content (AvgIpc) is 2.60. The Morgan fingerprint density at radius 2 is 1.62 bits per heavy atom. The molecule has 1 heterocycles. The summed E-state index contributed by atoms with van der Waals surface area (Å²) in [4.78, 5) is 2.64. The minimum atomic E-state index is 0.688. The number of hydrogen-bond donors (Lipinski definition) is 1. The molecule has 0 radical (unpaired) electrons. The van der Waals surface area contributed by atoms with Crippen LogP contribution in [0.1, 0.15) is 47.5 Å². The van der Waals surface area contributed by atoms with Crippen molar-refractivity contribution >= 4 is 0 Å². The van der Waals surface area contributed by atoms with Crippen molar-refractivity contribution < 1.29 is 0 Å². The van der Waals surface area contributed by atoms with E-state index < -0.39 is 0 Å². The first-order valence-corrected chi connectivity index (χ1v) is 7.05. The number of nitrogens with zero attached hydrogens (tertiary/aromatic N) is 1. The molecule has 96 valence electrons. The maximum Gasteiger partial charge on any atom is 0.0192 e. The van der Waals surface area contributed by atoms with Crippen molar-refractivity contribution in [3.05, 3.63) is 0 Å². The van der Waals surface area contributed by atoms with Crippen LogP contribution in [0.25, 0.3) is 0 Å². The van der Waals surface area contributed by atoms with Gasteiger partial charge in [0.25, 0.3) is 0 Å². The van der Waals surface area contributed by atoms with E-state index in [4.69, 9.17) is 0 Å². The molecule has 0 saturated carbocycles. The zero-order valence-electron chi connectivity index (χ0n) is 11.8. The Bertz CT molecular complexity index is 179. The number of nitrogens with one attached hydrogen (secondary N) is 1. The van der Waals surface area contributed by atoms with Crippen molar-refractivity contribution in [3.8, 4) is 0 Å². The molecule has 1 saturated heterocycles. The van der Waals surface area contributed by atoms with Crippen molar-refractivity contribution in [2.75, 3.05) is 19.6 Å². The van der Waals surface area contributed by atoms with Crippen LogP contribution in [0.2, 0.25) is 0 Å². The van der Waals surface area contributed by atoms with Gasteiger partial charge in [-0.3, -0.25) is 4.90 Å². The highest BCUT2D eigenvalue weighted by Gasteiger charge is 2.28. The standard InChI is InChI=1S/C14H30N2/c1-6-14(7-2)15-8-13(5)16-9-11(3)12(4)10-16/h11-15H,6-10H2,1-5H3. The molecule has 0 aliphatic carbocycles. The second kappa shape index (κ2) is 6.61. The lowest BCUT2D eigenvalue weighted by Crippen LogP contribution is -2.42. The van der Waals surface area contributed by atoms with E-state index in [-0.39, 0.29) is 0 Å². The van der Waals surface area contributed by atoms with E-state index in [1.807, 2.05) is 0 Å². The van der Waals surface area contributed by atoms with E-state index in [1.165, 1.54) is 25.9 Å². The van der Waals surface area contributed by atoms with Crippen molar-refractivity contribution in [1.82, 2.24) is 10.2 Å². The molecule has 16 heavy (non-hydrogen) atoms. The van der Waals surface area contributed by atoms with E-state index >= 15 is 0 Å². The lowest BCUT2D eigenvalue weighted by atomic mass is 10.0. The van der Waals surface area contributed by atoms with Crippen LogP contribution in [0.15, 0.2) is 0 Å². The van der Waals surface area contributed by atoms with Crippen LogP contribution in [0.5, 0.6) is 0 Å². The van der Waals surface area contributed by atoms with Crippen LogP contribution in [0, 0.1) is 11.8 Å². The Labute approximate surface area is 102 Å². The summed E-state index contributed by atoms with van der Waals surface area (Å²) < 4.78 is 0. The maximum atomic E-state index is 3.68. The van der Waals surface area contributed by atoms with Gasteiger partial charge in [0.15, 0.2) is 0 Å². The van der Waals surface area contributed by atoms with Crippen LogP contribution >= 0.6 is 0 Å². The molecule has 1 rings (SSSR count). The molecule has 0 amide bonds. The summed E-state index contributed by atoms with van der Waals surface area (Å²) in [5.74, 6) is 1.74. The normalized spacial score (nSPS) is 28.9. The maximum absolute atomic E-state index is 3.68. The molecular formula is C14H30N2. The third-order valence-corrected chi connectivity index (χ3v) is 4.33. The molecule has 3 atom stereocenters. The summed E-state index contributed by atoms with van der Waals surface area (Å²) in [5.41, 5.74) is 0. The van der Waals surface area contributed by atoms with Crippen LogP contribution in [0.3, 0.4) is 0 Å². The SMILES string of the molecule is CCC(CC)NCC(C)N1CC(C)C(C)C1. The van der Waals surface area contributed by atoms with Crippen LogP contribution in [-0.4, -0.2) is 36.6 Å². The Morgan fingerprint density at radius 1 is 1.12 bits per heavy atom. The van der Waals surface area contributed by atoms with Gasteiger partial charge in [0.1, 0.15) is 0 Å². The summed E-state index contributed by atoms with van der Waals surface area (Å²) in [6.07, 6.45) is 2.49. The molecule has 1 fully saturated rings. The van der Waals surface area contributed by atoms with Crippen molar-refractivity contribution in [2.45, 2.75) is 59.5 Å². The highest BCUT2D eigenvalue weighted by molar-refractivity contribution is 4.83. The predicted molar refractivity (Wildman–Crippen MR) is 71.7 cm³/mol. The second-order valence-corrected chi connectivity index (χ2v) is 5.68. The summed E-state index contributed by atoms with van der Waals surface area (Å²) in [5, 5.41) is 3.68. The molecule has 0 aromatic rings. The van der Waals surface area contributed by atoms with E-state index in [2.05, 4.69) is 44.8 Å². The molecule has 0 aromatic heterocycles. The van der Waals surface area contributed by atoms with Crippen LogP contribution in [-0.2, 0) is 0 Å². The molecule has 2 heteroatoms. The largest absolute Gasteiger partial charge is 0.312 e. The zero-order valence-corrected chi connectivity index (χ0v) is 11.8. The highest BCUT2D eigenvalue weighted by atomic mass is 15.2. The lowest BCUT2D eigenvalue weighted by Gasteiger charge is -2.26. The van der Waals surface area contributed by atoms with Gasteiger partial charge in [-0.15, -0.1) is 0 Å². The van der Waals surface area contributed by atoms with Gasteiger partial charge in [-0.05, 0) is 31.6 Å². The van der Waals surface area contributed by atoms with Crippen molar-refractivity contribution in [1.29, 1.82) is 0 Å². The Morgan fingerprint density at radius 3 is 2.06 bits per heavy atom. The third kappa shape index (κ3) is 3.74. The van der Waals surface area contributed by atoms with E-state index in [1.54, 1.807) is 0 Å². The van der Waals surface area contributed by atoms with Crippen LogP contribution in [0.4, 0.5) is 0 Å². The minimum Gasteiger partial charge on any atom is -0.312 e. The van der Waals surface area contributed by atoms with Gasteiger partial charge >= 0.3 is 0 Å². The van der Waals surface area contributed by atoms with E-state index in [0.717, 1.165) is 18.4 Å². The Balaban J connectivity index is 2.27. The molecule has 1 aliphatic heterocycles. The molecule has 3 unspecified atom stereocenters. The molecule has 1 aliphatic rings. The first-order valence-electron chi connectivity index (χ1n) is 7.05. The topological polar surface area (TPSA) is 15.3 Å². The Hall–Kier alpha value is -0.0800. The van der Waals surface area contributed by atoms with Crippen molar-refractivity contribution in [2.24, 2.45) is 11.8 Å². The minimum absolute atomic E-state index is 0.688. The number of hydrogen-bond acceptors (Lipinski definition) is 2. The Kier molecular flexibility index (Phi) is 5.77. The quantitative estimate of drug-likeness (QED) is 0.749. The molecule has 0 spiro atoms. The van der Waals surface area contributed by atoms with Crippen LogP contribution < -0.4 is 5.32 Å². The van der Waals surface area contributed by atoms with Gasteiger partial charge in [-0.25, -0.2) is 0 Å². The first kappa shape index (κ1) is 14.0. The number of likely N-dealkylation sites (tertiary alicyclic amines) is 1. The monoisotopic (exact) mass is 226 g/mol. The molecule has 2 nitrogen and oxygen atoms in total. The van der Waals surface area contributed by atoms with E-state index in [9.17, 15) is 0 Å². The van der Waals surface area contributed by atoms with Crippen molar-refractivity contribution in [3.63, 3.8) is 0 Å². The third-order valence-electron chi connectivity index (χ3n) is 4.33. The second-order valence-electron chi connectivity index (χ2n) is 5.68. The molecule has 0 aromatic carbocycles. The molecule has 0 bridgehead atoms. The zero-order chi connectivity index (χ0) is 12.1. The summed E-state index contributed by atoms with van der Waals surface area (Å²) >= 11 is 0. The fourth-order valence-corrected chi connectivity index (χ4v) is 2.58. The summed E-state index contributed by atoms with van der Waals surface area (Å²) in [6, 6.07) is 1.40. The van der Waals surface area contributed by atoms with E-state index in [0.29, 0.717) is 12.1 Å². The first-order chi connectivity index (χ1) is 7.58. The fraction of sp³-hybridized carbons (Fsp3) is 1.00. The lowest BCUT2D eigenvalue weighted by molar-refractivity contribution is 0.234. The summed E-state index contributed by atoms with van der Waals surface area (Å²) in [7, 11) is 0. The number of rotatable bonds is 6. The molecule has 1 N–H and O–H groups in total. The van der Waals surface area contributed by atoms with Gasteiger partial charge in [0.2, 0.25) is 0 Å². The van der Waals surface area contributed by atoms with Gasteiger partial charge in [0, 0.05) is 31.7 Å². The van der Waals surface area contributed by atoms with Gasteiger partial charge < -0.3 is 5.32 Å². The summed E-state index contributed by atoms with van der Waals surface area (Å²) in [6.45, 7) is 15.4. The van der Waals surface area contributed by atoms with Gasteiger partial charge in [-0.1, -0.05) is 27.7 Å². The smallest absolute Gasteiger partial charge is 0.0192 e. The van der Waals surface area contributed by atoms with Gasteiger partial charge in [0.05, 0.1) is 0 Å². The highest BCUT2D eigenvalue weighted by Crippen LogP contribution is 2.23. The average molecular weight is 226 g/mol. The van der Waals surface area contributed by atoms with Gasteiger partial charge in [-0.2, -0.15) is 0 Å². The molecular weight excluding hydrogens is 196 g/mol.